The minimum Gasteiger partial charge on any atom is -0.394 e. The molecule has 2 aromatic rings. The number of piperazine rings is 1. The molecule has 3 aliphatic heterocycles. The van der Waals surface area contributed by atoms with Crippen LogP contribution in [0.25, 0.3) is 0 Å². The lowest BCUT2D eigenvalue weighted by atomic mass is 9.73. The van der Waals surface area contributed by atoms with Crippen molar-refractivity contribution in [3.63, 3.8) is 0 Å². The third-order valence-corrected chi connectivity index (χ3v) is 7.30. The first-order valence-corrected chi connectivity index (χ1v) is 12.0. The van der Waals surface area contributed by atoms with Gasteiger partial charge in [-0.05, 0) is 55.2 Å². The lowest BCUT2D eigenvalue weighted by Crippen LogP contribution is -2.73. The molecule has 1 N–H and O–H groups in total. The largest absolute Gasteiger partial charge is 0.394 e. The SMILES string of the molecule is Cc1cccc(C#Cc2ccc([C@H]3[C@@H](CO)N4C(=O)CN(C(=O)C5CCOCC5)C[C@H]34)cc2)c1. The summed E-state index contributed by atoms with van der Waals surface area (Å²) in [7, 11) is 0. The molecule has 0 saturated carbocycles. The molecule has 6 heteroatoms. The highest BCUT2D eigenvalue weighted by Gasteiger charge is 2.54. The van der Waals surface area contributed by atoms with Crippen molar-refractivity contribution in [3.05, 3.63) is 70.8 Å². The number of fused-ring (bicyclic) bond motifs is 1. The molecule has 3 heterocycles. The van der Waals surface area contributed by atoms with E-state index in [1.807, 2.05) is 49.4 Å². The number of amides is 2. The first kappa shape index (κ1) is 22.6. The number of carbonyl (C=O) groups excluding carboxylic acids is 2. The van der Waals surface area contributed by atoms with Gasteiger partial charge in [0, 0.05) is 42.7 Å². The summed E-state index contributed by atoms with van der Waals surface area (Å²) in [4.78, 5) is 29.4. The van der Waals surface area contributed by atoms with Gasteiger partial charge in [0.25, 0.3) is 0 Å². The number of hydrogen-bond donors (Lipinski definition) is 1. The Kier molecular flexibility index (Phi) is 6.40. The number of rotatable bonds is 3. The second-order valence-electron chi connectivity index (χ2n) is 9.49. The fourth-order valence-electron chi connectivity index (χ4n) is 5.53. The zero-order chi connectivity index (χ0) is 23.7. The smallest absolute Gasteiger partial charge is 0.242 e. The van der Waals surface area contributed by atoms with Crippen LogP contribution in [0.15, 0.2) is 48.5 Å². The Hall–Kier alpha value is -3.14. The molecule has 2 amide bonds. The van der Waals surface area contributed by atoms with E-state index in [0.29, 0.717) is 32.6 Å². The molecule has 0 radical (unpaired) electrons. The lowest BCUT2D eigenvalue weighted by molar-refractivity contribution is -0.169. The van der Waals surface area contributed by atoms with Gasteiger partial charge in [-0.1, -0.05) is 36.1 Å². The molecule has 176 valence electrons. The number of aliphatic hydroxyl groups excluding tert-OH is 1. The minimum atomic E-state index is -0.248. The van der Waals surface area contributed by atoms with Gasteiger partial charge >= 0.3 is 0 Å². The van der Waals surface area contributed by atoms with Crippen LogP contribution in [0.2, 0.25) is 0 Å². The van der Waals surface area contributed by atoms with Crippen LogP contribution in [0.4, 0.5) is 0 Å². The molecule has 2 aromatic carbocycles. The predicted molar refractivity (Wildman–Crippen MR) is 128 cm³/mol. The summed E-state index contributed by atoms with van der Waals surface area (Å²) in [6, 6.07) is 15.8. The second-order valence-corrected chi connectivity index (χ2v) is 9.49. The maximum absolute atomic E-state index is 13.1. The summed E-state index contributed by atoms with van der Waals surface area (Å²) in [5.41, 5.74) is 4.14. The van der Waals surface area contributed by atoms with Gasteiger partial charge in [0.15, 0.2) is 0 Å². The fraction of sp³-hybridized carbons (Fsp3) is 0.429. The van der Waals surface area contributed by atoms with Crippen LogP contribution in [0.5, 0.6) is 0 Å². The van der Waals surface area contributed by atoms with E-state index in [-0.39, 0.29) is 48.9 Å². The minimum absolute atomic E-state index is 0.00183. The van der Waals surface area contributed by atoms with Gasteiger partial charge in [0.1, 0.15) is 0 Å². The maximum atomic E-state index is 13.1. The molecule has 3 aliphatic rings. The number of carbonyl (C=O) groups is 2. The molecule has 34 heavy (non-hydrogen) atoms. The molecular formula is C28H30N2O4. The van der Waals surface area contributed by atoms with Crippen LogP contribution in [-0.2, 0) is 14.3 Å². The van der Waals surface area contributed by atoms with E-state index < -0.39 is 0 Å². The standard InChI is InChI=1S/C28H30N2O4/c1-19-3-2-4-21(15-19)6-5-20-7-9-22(10-8-20)27-24-16-29(17-26(32)30(24)25(27)18-31)28(33)23-11-13-34-14-12-23/h2-4,7-10,15,23-25,27,31H,11-14,16-18H2,1H3/t24-,25-,27-/m1/s1. The van der Waals surface area contributed by atoms with Crippen molar-refractivity contribution in [2.24, 2.45) is 5.92 Å². The quantitative estimate of drug-likeness (QED) is 0.717. The highest BCUT2D eigenvalue weighted by atomic mass is 16.5. The number of aryl methyl sites for hydroxylation is 1. The maximum Gasteiger partial charge on any atom is 0.242 e. The van der Waals surface area contributed by atoms with Crippen LogP contribution >= 0.6 is 0 Å². The molecule has 6 nitrogen and oxygen atoms in total. The average Bonchev–Trinajstić information content (AvgIpc) is 2.85. The number of hydrogen-bond acceptors (Lipinski definition) is 4. The third-order valence-electron chi connectivity index (χ3n) is 7.30. The van der Waals surface area contributed by atoms with E-state index in [4.69, 9.17) is 4.74 Å². The molecule has 0 unspecified atom stereocenters. The van der Waals surface area contributed by atoms with Crippen molar-refractivity contribution in [3.8, 4) is 11.8 Å². The van der Waals surface area contributed by atoms with E-state index in [9.17, 15) is 14.7 Å². The third kappa shape index (κ3) is 4.34. The van der Waals surface area contributed by atoms with E-state index in [2.05, 4.69) is 17.9 Å². The molecular weight excluding hydrogens is 428 g/mol. The second kappa shape index (κ2) is 9.61. The van der Waals surface area contributed by atoms with E-state index in [1.165, 1.54) is 5.56 Å². The molecule has 3 fully saturated rings. The Morgan fingerprint density at radius 3 is 2.53 bits per heavy atom. The Labute approximate surface area is 200 Å². The van der Waals surface area contributed by atoms with Crippen molar-refractivity contribution in [1.29, 1.82) is 0 Å². The van der Waals surface area contributed by atoms with Crippen molar-refractivity contribution in [1.82, 2.24) is 9.80 Å². The normalized spacial score (nSPS) is 24.6. The number of benzene rings is 2. The molecule has 0 spiro atoms. The van der Waals surface area contributed by atoms with Crippen LogP contribution in [0.1, 0.15) is 41.0 Å². The topological polar surface area (TPSA) is 70.1 Å². The van der Waals surface area contributed by atoms with Crippen LogP contribution in [0, 0.1) is 24.7 Å². The Morgan fingerprint density at radius 1 is 1.09 bits per heavy atom. The molecule has 0 aliphatic carbocycles. The van der Waals surface area contributed by atoms with Gasteiger partial charge in [0.05, 0.1) is 25.2 Å². The Morgan fingerprint density at radius 2 is 1.82 bits per heavy atom. The average molecular weight is 459 g/mol. The van der Waals surface area contributed by atoms with E-state index in [1.54, 1.807) is 9.80 Å². The molecule has 3 saturated heterocycles. The van der Waals surface area contributed by atoms with Crippen molar-refractivity contribution < 1.29 is 19.4 Å². The zero-order valence-electron chi connectivity index (χ0n) is 19.4. The monoisotopic (exact) mass is 458 g/mol. The van der Waals surface area contributed by atoms with E-state index in [0.717, 1.165) is 16.7 Å². The van der Waals surface area contributed by atoms with Gasteiger partial charge in [0.2, 0.25) is 11.8 Å². The summed E-state index contributed by atoms with van der Waals surface area (Å²) in [6.45, 7) is 3.77. The van der Waals surface area contributed by atoms with Gasteiger partial charge in [-0.2, -0.15) is 0 Å². The summed E-state index contributed by atoms with van der Waals surface area (Å²) in [5, 5.41) is 10.0. The van der Waals surface area contributed by atoms with Crippen molar-refractivity contribution in [2.45, 2.75) is 37.8 Å². The van der Waals surface area contributed by atoms with Crippen LogP contribution in [0.3, 0.4) is 0 Å². The Bertz CT molecular complexity index is 1130. The first-order valence-electron chi connectivity index (χ1n) is 12.0. The zero-order valence-corrected chi connectivity index (χ0v) is 19.4. The predicted octanol–water partition coefficient (Wildman–Crippen LogP) is 2.32. The molecule has 5 rings (SSSR count). The van der Waals surface area contributed by atoms with Crippen molar-refractivity contribution >= 4 is 11.8 Å². The van der Waals surface area contributed by atoms with Gasteiger partial charge < -0.3 is 19.6 Å². The summed E-state index contributed by atoms with van der Waals surface area (Å²) in [6.07, 6.45) is 1.43. The van der Waals surface area contributed by atoms with Gasteiger partial charge in [-0.15, -0.1) is 0 Å². The van der Waals surface area contributed by atoms with E-state index >= 15 is 0 Å². The highest BCUT2D eigenvalue weighted by Crippen LogP contribution is 2.43. The van der Waals surface area contributed by atoms with Gasteiger partial charge in [-0.3, -0.25) is 9.59 Å². The molecule has 0 bridgehead atoms. The first-order chi connectivity index (χ1) is 16.5. The Balaban J connectivity index is 1.32. The highest BCUT2D eigenvalue weighted by molar-refractivity contribution is 5.88. The lowest BCUT2D eigenvalue weighted by Gasteiger charge is -2.59. The number of aliphatic hydroxyl groups is 1. The number of ether oxygens (including phenoxy) is 1. The molecule has 3 atom stereocenters. The van der Waals surface area contributed by atoms with Gasteiger partial charge in [-0.25, -0.2) is 0 Å². The molecule has 0 aromatic heterocycles. The van der Waals surface area contributed by atoms with Crippen LogP contribution < -0.4 is 0 Å². The summed E-state index contributed by atoms with van der Waals surface area (Å²) < 4.78 is 5.39. The van der Waals surface area contributed by atoms with Crippen molar-refractivity contribution in [2.75, 3.05) is 32.9 Å². The van der Waals surface area contributed by atoms with Crippen LogP contribution in [-0.4, -0.2) is 71.7 Å². The summed E-state index contributed by atoms with van der Waals surface area (Å²) >= 11 is 0. The fourth-order valence-corrected chi connectivity index (χ4v) is 5.53. The summed E-state index contributed by atoms with van der Waals surface area (Å²) in [5.74, 6) is 6.33. The number of nitrogens with zero attached hydrogens (tertiary/aromatic N) is 2.